The molecule has 0 radical (unpaired) electrons. The van der Waals surface area contributed by atoms with Crippen molar-refractivity contribution in [1.82, 2.24) is 0 Å². The first kappa shape index (κ1) is 58.3. The molecule has 1 aliphatic carbocycles. The van der Waals surface area contributed by atoms with Gasteiger partial charge in [0.05, 0.1) is 6.61 Å². The lowest BCUT2D eigenvalue weighted by Gasteiger charge is -2.41. The van der Waals surface area contributed by atoms with Crippen LogP contribution in [-0.2, 0) is 32.7 Å². The molecule has 6 N–H and O–H groups in total. The Morgan fingerprint density at radius 3 is 1.38 bits per heavy atom. The Hall–Kier alpha value is -2.71. The summed E-state index contributed by atoms with van der Waals surface area (Å²) in [6, 6.07) is 0. The Labute approximate surface area is 378 Å². The first-order chi connectivity index (χ1) is 30.4. The predicted molar refractivity (Wildman–Crippen MR) is 249 cm³/mol. The molecule has 14 heteroatoms. The van der Waals surface area contributed by atoms with E-state index in [0.29, 0.717) is 12.8 Å². The van der Waals surface area contributed by atoms with Crippen LogP contribution in [0.3, 0.4) is 0 Å². The summed E-state index contributed by atoms with van der Waals surface area (Å²) >= 11 is 0. The summed E-state index contributed by atoms with van der Waals surface area (Å²) in [6.45, 7) is 3.13. The quantitative estimate of drug-likeness (QED) is 0.0148. The molecule has 0 amide bonds. The normalized spacial score (nSPS) is 22.3. The molecule has 1 aliphatic rings. The van der Waals surface area contributed by atoms with Crippen LogP contribution in [0.4, 0.5) is 0 Å². The third kappa shape index (κ3) is 31.0. The van der Waals surface area contributed by atoms with Crippen LogP contribution in [0.15, 0.2) is 72.9 Å². The van der Waals surface area contributed by atoms with E-state index in [1.54, 1.807) is 0 Å². The van der Waals surface area contributed by atoms with Crippen LogP contribution in [-0.4, -0.2) is 98.3 Å². The maximum absolute atomic E-state index is 12.8. The molecule has 0 aromatic carbocycles. The molecule has 6 atom stereocenters. The lowest BCUT2D eigenvalue weighted by atomic mass is 9.85. The molecule has 1 fully saturated rings. The first-order valence-electron chi connectivity index (χ1n) is 23.7. The number of esters is 2. The summed E-state index contributed by atoms with van der Waals surface area (Å²) in [7, 11) is -5.13. The molecule has 1 rings (SSSR count). The monoisotopic (exact) mass is 911 g/mol. The van der Waals surface area contributed by atoms with Gasteiger partial charge in [-0.05, 0) is 83.5 Å². The van der Waals surface area contributed by atoms with Crippen molar-refractivity contribution in [3.8, 4) is 0 Å². The number of hydrogen-bond donors (Lipinski definition) is 6. The van der Waals surface area contributed by atoms with Crippen molar-refractivity contribution in [1.29, 1.82) is 0 Å². The van der Waals surface area contributed by atoms with Gasteiger partial charge in [0.2, 0.25) is 0 Å². The van der Waals surface area contributed by atoms with E-state index in [4.69, 9.17) is 18.5 Å². The second-order valence-electron chi connectivity index (χ2n) is 16.2. The lowest BCUT2D eigenvalue weighted by Crippen LogP contribution is -2.64. The second-order valence-corrected chi connectivity index (χ2v) is 17.6. The van der Waals surface area contributed by atoms with E-state index >= 15 is 0 Å². The number of phosphoric ester groups is 1. The molecule has 0 aromatic rings. The SMILES string of the molecule is CC/C=C\C/C=C\C/C=C\C/C=C\CCCCCCCCC(=O)OC(COC(=O)CCCCCCC/C=C\C/C=C\CCCCC)COP(=O)(O)OC1C(O)C(O)C(O)C(O)C1O. The largest absolute Gasteiger partial charge is 0.472 e. The zero-order valence-corrected chi connectivity index (χ0v) is 39.2. The van der Waals surface area contributed by atoms with Crippen LogP contribution < -0.4 is 0 Å². The Kier molecular flexibility index (Phi) is 35.7. The van der Waals surface area contributed by atoms with Gasteiger partial charge in [-0.2, -0.15) is 0 Å². The van der Waals surface area contributed by atoms with Crippen LogP contribution in [0, 0.1) is 0 Å². The average molecular weight is 911 g/mol. The summed E-state index contributed by atoms with van der Waals surface area (Å²) in [4.78, 5) is 35.7. The van der Waals surface area contributed by atoms with Gasteiger partial charge in [-0.15, -0.1) is 0 Å². The molecule has 0 aromatic heterocycles. The van der Waals surface area contributed by atoms with E-state index in [0.717, 1.165) is 109 Å². The number of allylic oxidation sites excluding steroid dienone is 12. The second kappa shape index (κ2) is 38.5. The fraction of sp³-hybridized carbons (Fsp3) is 0.714. The Bertz CT molecular complexity index is 1380. The highest BCUT2D eigenvalue weighted by molar-refractivity contribution is 7.47. The minimum absolute atomic E-state index is 0.0736. The van der Waals surface area contributed by atoms with Crippen molar-refractivity contribution in [3.05, 3.63) is 72.9 Å². The van der Waals surface area contributed by atoms with E-state index in [-0.39, 0.29) is 12.8 Å². The Balaban J connectivity index is 2.47. The number of rotatable bonds is 38. The number of aliphatic hydroxyl groups excluding tert-OH is 5. The molecule has 63 heavy (non-hydrogen) atoms. The third-order valence-electron chi connectivity index (χ3n) is 10.5. The molecule has 1 saturated carbocycles. The molecular formula is C49H83O13P. The van der Waals surface area contributed by atoms with E-state index < -0.39 is 75.7 Å². The summed E-state index contributed by atoms with van der Waals surface area (Å²) < 4.78 is 33.5. The Morgan fingerprint density at radius 2 is 0.905 bits per heavy atom. The first-order valence-corrected chi connectivity index (χ1v) is 25.2. The summed E-state index contributed by atoms with van der Waals surface area (Å²) in [5.41, 5.74) is 0. The van der Waals surface area contributed by atoms with Crippen LogP contribution in [0.1, 0.15) is 168 Å². The fourth-order valence-corrected chi connectivity index (χ4v) is 7.69. The maximum atomic E-state index is 12.8. The van der Waals surface area contributed by atoms with Gasteiger partial charge in [-0.3, -0.25) is 18.6 Å². The van der Waals surface area contributed by atoms with Crippen molar-refractivity contribution in [3.63, 3.8) is 0 Å². The number of ether oxygens (including phenoxy) is 2. The average Bonchev–Trinajstić information content (AvgIpc) is 3.26. The van der Waals surface area contributed by atoms with Gasteiger partial charge in [0.1, 0.15) is 43.2 Å². The van der Waals surface area contributed by atoms with Crippen molar-refractivity contribution in [2.75, 3.05) is 13.2 Å². The summed E-state index contributed by atoms with van der Waals surface area (Å²) in [6.07, 6.45) is 35.2. The van der Waals surface area contributed by atoms with Crippen molar-refractivity contribution in [2.24, 2.45) is 0 Å². The van der Waals surface area contributed by atoms with Crippen LogP contribution in [0.5, 0.6) is 0 Å². The van der Waals surface area contributed by atoms with E-state index in [1.807, 2.05) is 0 Å². The van der Waals surface area contributed by atoms with E-state index in [1.165, 1.54) is 19.3 Å². The van der Waals surface area contributed by atoms with Gasteiger partial charge < -0.3 is 39.9 Å². The summed E-state index contributed by atoms with van der Waals surface area (Å²) in [5, 5.41) is 50.2. The van der Waals surface area contributed by atoms with Crippen molar-refractivity contribution >= 4 is 19.8 Å². The molecule has 0 bridgehead atoms. The van der Waals surface area contributed by atoms with E-state index in [2.05, 4.69) is 86.8 Å². The molecular weight excluding hydrogens is 828 g/mol. The number of aliphatic hydroxyl groups is 5. The van der Waals surface area contributed by atoms with Crippen LogP contribution >= 0.6 is 7.82 Å². The number of unbranched alkanes of at least 4 members (excludes halogenated alkanes) is 14. The topological polar surface area (TPSA) is 210 Å². The van der Waals surface area contributed by atoms with Gasteiger partial charge in [-0.1, -0.05) is 145 Å². The fourth-order valence-electron chi connectivity index (χ4n) is 6.72. The highest BCUT2D eigenvalue weighted by Crippen LogP contribution is 2.47. The third-order valence-corrected chi connectivity index (χ3v) is 11.5. The number of phosphoric acid groups is 1. The smallest absolute Gasteiger partial charge is 0.462 e. The highest BCUT2D eigenvalue weighted by atomic mass is 31.2. The molecule has 6 unspecified atom stereocenters. The Morgan fingerprint density at radius 1 is 0.508 bits per heavy atom. The predicted octanol–water partition coefficient (Wildman–Crippen LogP) is 9.50. The molecule has 13 nitrogen and oxygen atoms in total. The molecule has 0 heterocycles. The maximum Gasteiger partial charge on any atom is 0.472 e. The minimum atomic E-state index is -5.13. The number of carbonyl (C=O) groups excluding carboxylic acids is 2. The number of carbonyl (C=O) groups is 2. The zero-order valence-electron chi connectivity index (χ0n) is 38.3. The molecule has 0 aliphatic heterocycles. The van der Waals surface area contributed by atoms with Gasteiger partial charge in [0.15, 0.2) is 6.10 Å². The zero-order chi connectivity index (χ0) is 46.4. The van der Waals surface area contributed by atoms with Gasteiger partial charge in [0.25, 0.3) is 0 Å². The number of hydrogen-bond acceptors (Lipinski definition) is 12. The lowest BCUT2D eigenvalue weighted by molar-refractivity contribution is -0.220. The summed E-state index contributed by atoms with van der Waals surface area (Å²) in [5.74, 6) is -1.14. The minimum Gasteiger partial charge on any atom is -0.462 e. The molecule has 0 saturated heterocycles. The van der Waals surface area contributed by atoms with Gasteiger partial charge in [-0.25, -0.2) is 4.57 Å². The van der Waals surface area contributed by atoms with Gasteiger partial charge >= 0.3 is 19.8 Å². The molecule has 362 valence electrons. The van der Waals surface area contributed by atoms with Crippen LogP contribution in [0.2, 0.25) is 0 Å². The highest BCUT2D eigenvalue weighted by Gasteiger charge is 2.51. The molecule has 0 spiro atoms. The van der Waals surface area contributed by atoms with Crippen molar-refractivity contribution in [2.45, 2.75) is 211 Å². The van der Waals surface area contributed by atoms with E-state index in [9.17, 15) is 44.6 Å². The standard InChI is InChI=1S/C49H83O13P/c1-3-5-7-9-11-13-15-17-19-20-21-22-24-26-28-30-32-34-36-38-43(51)61-41(40-60-63(57,58)62-49-47(55)45(53)44(52)46(54)48(49)56)39-59-42(50)37-35-33-31-29-27-25-23-18-16-14-12-10-8-6-4-2/h5,7,11-14,17-19,21-23,41,44-49,52-56H,3-4,6,8-10,15-16,20,24-40H2,1-2H3,(H,57,58)/b7-5-,13-11-,14-12-,19-17-,22-21-,23-18-. The van der Waals surface area contributed by atoms with Crippen LogP contribution in [0.25, 0.3) is 0 Å². The van der Waals surface area contributed by atoms with Crippen molar-refractivity contribution < 1.29 is 63.1 Å². The van der Waals surface area contributed by atoms with Gasteiger partial charge in [0, 0.05) is 12.8 Å².